The molecule has 1 amide bonds. The summed E-state index contributed by atoms with van der Waals surface area (Å²) < 4.78 is 0. The molecule has 1 aromatic heterocycles. The van der Waals surface area contributed by atoms with Crippen molar-refractivity contribution in [2.45, 2.75) is 32.9 Å². The Morgan fingerprint density at radius 3 is 2.45 bits per heavy atom. The number of carbonyl (C=O) groups excluding carboxylic acids is 1. The van der Waals surface area contributed by atoms with Gasteiger partial charge in [-0.15, -0.1) is 0 Å². The zero-order valence-corrected chi connectivity index (χ0v) is 12.8. The van der Waals surface area contributed by atoms with E-state index in [1.165, 1.54) is 11.1 Å². The molecule has 3 nitrogen and oxygen atoms in total. The van der Waals surface area contributed by atoms with E-state index < -0.39 is 0 Å². The zero-order valence-electron chi connectivity index (χ0n) is 12.0. The van der Waals surface area contributed by atoms with Gasteiger partial charge in [0.1, 0.15) is 0 Å². The second-order valence-electron chi connectivity index (χ2n) is 5.02. The van der Waals surface area contributed by atoms with Crippen molar-refractivity contribution < 1.29 is 4.79 Å². The summed E-state index contributed by atoms with van der Waals surface area (Å²) in [6.45, 7) is 5.97. The Morgan fingerprint density at radius 1 is 1.15 bits per heavy atom. The molecule has 2 atom stereocenters. The van der Waals surface area contributed by atoms with Gasteiger partial charge in [0.2, 0.25) is 5.91 Å². The maximum absolute atomic E-state index is 12.1. The summed E-state index contributed by atoms with van der Waals surface area (Å²) in [5.74, 6) is -0.0177. The van der Waals surface area contributed by atoms with E-state index in [4.69, 9.17) is 0 Å². The third kappa shape index (κ3) is 3.92. The smallest absolute Gasteiger partial charge is 0.241 e. The molecule has 2 unspecified atom stereocenters. The number of hydrogen-bond acceptors (Lipinski definition) is 3. The lowest BCUT2D eigenvalue weighted by Gasteiger charge is -2.19. The molecule has 0 saturated carbocycles. The number of amides is 1. The summed E-state index contributed by atoms with van der Waals surface area (Å²) >= 11 is 1.67. The Kier molecular flexibility index (Phi) is 4.93. The molecule has 2 aromatic rings. The molecule has 0 radical (unpaired) electrons. The largest absolute Gasteiger partial charge is 0.325 e. The Hall–Kier alpha value is -1.65. The molecule has 0 fully saturated rings. The van der Waals surface area contributed by atoms with E-state index in [0.29, 0.717) is 0 Å². The summed E-state index contributed by atoms with van der Waals surface area (Å²) in [4.78, 5) is 12.1. The molecule has 0 bridgehead atoms. The zero-order chi connectivity index (χ0) is 14.5. The first-order valence-corrected chi connectivity index (χ1v) is 7.66. The molecule has 4 heteroatoms. The van der Waals surface area contributed by atoms with Crippen LogP contribution in [-0.4, -0.2) is 11.9 Å². The van der Waals surface area contributed by atoms with Crippen molar-refractivity contribution in [1.82, 2.24) is 5.32 Å². The van der Waals surface area contributed by atoms with Gasteiger partial charge in [-0.2, -0.15) is 11.3 Å². The number of rotatable bonds is 5. The van der Waals surface area contributed by atoms with Crippen molar-refractivity contribution in [2.24, 2.45) is 0 Å². The Bertz CT molecular complexity index is 548. The Balaban J connectivity index is 1.90. The van der Waals surface area contributed by atoms with Gasteiger partial charge in [-0.25, -0.2) is 0 Å². The summed E-state index contributed by atoms with van der Waals surface area (Å²) in [5.41, 5.74) is 3.22. The van der Waals surface area contributed by atoms with Gasteiger partial charge in [-0.1, -0.05) is 17.7 Å². The van der Waals surface area contributed by atoms with E-state index in [0.717, 1.165) is 5.69 Å². The molecule has 0 saturated heterocycles. The molecule has 20 heavy (non-hydrogen) atoms. The molecule has 106 valence electrons. The van der Waals surface area contributed by atoms with Crippen molar-refractivity contribution in [1.29, 1.82) is 0 Å². The van der Waals surface area contributed by atoms with Crippen LogP contribution in [-0.2, 0) is 4.79 Å². The predicted molar refractivity (Wildman–Crippen MR) is 85.1 cm³/mol. The molecular weight excluding hydrogens is 268 g/mol. The minimum Gasteiger partial charge on any atom is -0.325 e. The van der Waals surface area contributed by atoms with Gasteiger partial charge >= 0.3 is 0 Å². The van der Waals surface area contributed by atoms with Crippen LogP contribution in [0.25, 0.3) is 0 Å². The van der Waals surface area contributed by atoms with Gasteiger partial charge in [0.05, 0.1) is 6.04 Å². The summed E-state index contributed by atoms with van der Waals surface area (Å²) in [6, 6.07) is 9.81. The van der Waals surface area contributed by atoms with Crippen LogP contribution >= 0.6 is 11.3 Å². The number of nitrogens with one attached hydrogen (secondary N) is 2. The lowest BCUT2D eigenvalue weighted by atomic mass is 10.1. The molecule has 0 aliphatic heterocycles. The number of anilines is 1. The molecule has 1 heterocycles. The fourth-order valence-electron chi connectivity index (χ4n) is 1.96. The summed E-state index contributed by atoms with van der Waals surface area (Å²) in [7, 11) is 0. The van der Waals surface area contributed by atoms with Gasteiger partial charge in [0.25, 0.3) is 0 Å². The first-order chi connectivity index (χ1) is 9.56. The van der Waals surface area contributed by atoms with Gasteiger partial charge in [-0.3, -0.25) is 10.1 Å². The lowest BCUT2D eigenvalue weighted by molar-refractivity contribution is -0.117. The third-order valence-electron chi connectivity index (χ3n) is 3.26. The van der Waals surface area contributed by atoms with Crippen LogP contribution in [0.1, 0.15) is 31.0 Å². The topological polar surface area (TPSA) is 41.1 Å². The van der Waals surface area contributed by atoms with Crippen molar-refractivity contribution >= 4 is 22.9 Å². The van der Waals surface area contributed by atoms with E-state index in [-0.39, 0.29) is 18.0 Å². The van der Waals surface area contributed by atoms with Crippen LogP contribution in [0.15, 0.2) is 41.1 Å². The molecular formula is C16H20N2OS. The second kappa shape index (κ2) is 6.68. The van der Waals surface area contributed by atoms with Crippen LogP contribution in [0.3, 0.4) is 0 Å². The molecule has 2 rings (SSSR count). The van der Waals surface area contributed by atoms with E-state index in [9.17, 15) is 4.79 Å². The molecule has 0 aliphatic rings. The normalized spacial score (nSPS) is 13.8. The fourth-order valence-corrected chi connectivity index (χ4v) is 2.71. The van der Waals surface area contributed by atoms with E-state index in [2.05, 4.69) is 29.0 Å². The van der Waals surface area contributed by atoms with E-state index >= 15 is 0 Å². The molecule has 2 N–H and O–H groups in total. The highest BCUT2D eigenvalue weighted by Crippen LogP contribution is 2.16. The molecule has 0 aliphatic carbocycles. The number of thiophene rings is 1. The maximum atomic E-state index is 12.1. The van der Waals surface area contributed by atoms with Crippen LogP contribution < -0.4 is 10.6 Å². The number of aryl methyl sites for hydroxylation is 1. The van der Waals surface area contributed by atoms with Crippen LogP contribution in [0.2, 0.25) is 0 Å². The minimum atomic E-state index is -0.244. The average molecular weight is 288 g/mol. The van der Waals surface area contributed by atoms with Crippen LogP contribution in [0.4, 0.5) is 5.69 Å². The lowest BCUT2D eigenvalue weighted by Crippen LogP contribution is -2.39. The van der Waals surface area contributed by atoms with Crippen molar-refractivity contribution in [2.75, 3.05) is 5.32 Å². The predicted octanol–water partition coefficient (Wildman–Crippen LogP) is 3.73. The SMILES string of the molecule is Cc1ccc(NC(=O)C(C)NC(C)c2ccsc2)cc1. The van der Waals surface area contributed by atoms with Gasteiger partial charge < -0.3 is 5.32 Å². The highest BCUT2D eigenvalue weighted by Gasteiger charge is 2.16. The monoisotopic (exact) mass is 288 g/mol. The van der Waals surface area contributed by atoms with Crippen molar-refractivity contribution in [3.63, 3.8) is 0 Å². The Labute approximate surface area is 124 Å². The molecule has 0 spiro atoms. The van der Waals surface area contributed by atoms with E-state index in [1.54, 1.807) is 11.3 Å². The van der Waals surface area contributed by atoms with Crippen molar-refractivity contribution in [3.05, 3.63) is 52.2 Å². The number of hydrogen-bond donors (Lipinski definition) is 2. The number of carbonyl (C=O) groups is 1. The van der Waals surface area contributed by atoms with Crippen LogP contribution in [0.5, 0.6) is 0 Å². The minimum absolute atomic E-state index is 0.0177. The maximum Gasteiger partial charge on any atom is 0.241 e. The van der Waals surface area contributed by atoms with Gasteiger partial charge in [-0.05, 0) is 55.3 Å². The summed E-state index contributed by atoms with van der Waals surface area (Å²) in [6.07, 6.45) is 0. The first-order valence-electron chi connectivity index (χ1n) is 6.72. The quantitative estimate of drug-likeness (QED) is 0.880. The third-order valence-corrected chi connectivity index (χ3v) is 3.96. The Morgan fingerprint density at radius 2 is 1.85 bits per heavy atom. The van der Waals surface area contributed by atoms with Gasteiger partial charge in [0.15, 0.2) is 0 Å². The first kappa shape index (κ1) is 14.8. The highest BCUT2D eigenvalue weighted by molar-refractivity contribution is 7.07. The highest BCUT2D eigenvalue weighted by atomic mass is 32.1. The second-order valence-corrected chi connectivity index (χ2v) is 5.80. The average Bonchev–Trinajstić information content (AvgIpc) is 2.95. The fraction of sp³-hybridized carbons (Fsp3) is 0.312. The van der Waals surface area contributed by atoms with Crippen molar-refractivity contribution in [3.8, 4) is 0 Å². The standard InChI is InChI=1S/C16H20N2OS/c1-11-4-6-15(7-5-11)18-16(19)13(3)17-12(2)14-8-9-20-10-14/h4-10,12-13,17H,1-3H3,(H,18,19). The van der Waals surface area contributed by atoms with Gasteiger partial charge in [0, 0.05) is 11.7 Å². The molecule has 1 aromatic carbocycles. The van der Waals surface area contributed by atoms with E-state index in [1.807, 2.05) is 43.5 Å². The number of benzene rings is 1. The van der Waals surface area contributed by atoms with Crippen LogP contribution in [0, 0.1) is 6.92 Å². The summed E-state index contributed by atoms with van der Waals surface area (Å²) in [5, 5.41) is 10.4.